The van der Waals surface area contributed by atoms with Gasteiger partial charge in [0.05, 0.1) is 12.2 Å². The van der Waals surface area contributed by atoms with Crippen LogP contribution in [0.2, 0.25) is 0 Å². The summed E-state index contributed by atoms with van der Waals surface area (Å²) >= 11 is 0. The molecule has 0 aliphatic carbocycles. The zero-order valence-electron chi connectivity index (χ0n) is 11.2. The van der Waals surface area contributed by atoms with Crippen LogP contribution in [0.3, 0.4) is 0 Å². The number of nitrogens with one attached hydrogen (secondary N) is 1. The second kappa shape index (κ2) is 5.00. The number of ether oxygens (including phenoxy) is 1. The maximum atomic E-state index is 12.0. The van der Waals surface area contributed by atoms with E-state index in [1.165, 1.54) is 4.90 Å². The standard InChI is InChI=1S/C12H17N3O4/c1-8-6-9(14-19-8)13-10(16)11(17)15-4-5-18-12(2,3)7-15/h6H,4-5,7H2,1-3H3,(H,13,14,16). The van der Waals surface area contributed by atoms with Crippen LogP contribution in [0.5, 0.6) is 0 Å². The van der Waals surface area contributed by atoms with E-state index in [0.29, 0.717) is 25.5 Å². The lowest BCUT2D eigenvalue weighted by atomic mass is 10.1. The summed E-state index contributed by atoms with van der Waals surface area (Å²) in [5, 5.41) is 6.02. The molecule has 0 atom stereocenters. The second-order valence-corrected chi connectivity index (χ2v) is 5.11. The number of carbonyl (C=O) groups excluding carboxylic acids is 2. The molecule has 1 aromatic rings. The summed E-state index contributed by atoms with van der Waals surface area (Å²) in [6, 6.07) is 1.55. The maximum absolute atomic E-state index is 12.0. The molecule has 1 N–H and O–H groups in total. The Balaban J connectivity index is 1.97. The average Bonchev–Trinajstić information content (AvgIpc) is 2.72. The molecule has 1 aromatic heterocycles. The van der Waals surface area contributed by atoms with Gasteiger partial charge in [0.2, 0.25) is 0 Å². The topological polar surface area (TPSA) is 84.7 Å². The molecule has 0 aromatic carbocycles. The largest absolute Gasteiger partial charge is 0.372 e. The Labute approximate surface area is 110 Å². The molecule has 104 valence electrons. The first-order chi connectivity index (χ1) is 8.87. The van der Waals surface area contributed by atoms with E-state index in [0.717, 1.165) is 0 Å². The molecule has 19 heavy (non-hydrogen) atoms. The summed E-state index contributed by atoms with van der Waals surface area (Å²) in [4.78, 5) is 25.3. The number of hydrogen-bond acceptors (Lipinski definition) is 5. The highest BCUT2D eigenvalue weighted by atomic mass is 16.5. The Bertz CT molecular complexity index is 495. The molecule has 2 amide bonds. The van der Waals surface area contributed by atoms with Gasteiger partial charge in [0.15, 0.2) is 5.82 Å². The second-order valence-electron chi connectivity index (χ2n) is 5.11. The van der Waals surface area contributed by atoms with Crippen molar-refractivity contribution in [2.24, 2.45) is 0 Å². The SMILES string of the molecule is Cc1cc(NC(=O)C(=O)N2CCOC(C)(C)C2)no1. The summed E-state index contributed by atoms with van der Waals surface area (Å²) < 4.78 is 10.3. The molecule has 0 spiro atoms. The molecule has 2 heterocycles. The molecule has 0 radical (unpaired) electrons. The fourth-order valence-corrected chi connectivity index (χ4v) is 1.93. The third-order valence-corrected chi connectivity index (χ3v) is 2.78. The van der Waals surface area contributed by atoms with Gasteiger partial charge in [0.1, 0.15) is 5.76 Å². The quantitative estimate of drug-likeness (QED) is 0.751. The van der Waals surface area contributed by atoms with E-state index in [-0.39, 0.29) is 5.82 Å². The number of amides is 2. The number of carbonyl (C=O) groups is 2. The first-order valence-electron chi connectivity index (χ1n) is 6.05. The molecule has 2 rings (SSSR count). The van der Waals surface area contributed by atoms with Crippen molar-refractivity contribution in [2.75, 3.05) is 25.0 Å². The van der Waals surface area contributed by atoms with Crippen molar-refractivity contribution in [3.8, 4) is 0 Å². The highest BCUT2D eigenvalue weighted by Gasteiger charge is 2.32. The predicted octanol–water partition coefficient (Wildman–Crippen LogP) is 0.559. The lowest BCUT2D eigenvalue weighted by molar-refractivity contribution is -0.153. The third-order valence-electron chi connectivity index (χ3n) is 2.78. The Hall–Kier alpha value is -1.89. The summed E-state index contributed by atoms with van der Waals surface area (Å²) in [6.45, 7) is 6.69. The normalized spacial score (nSPS) is 18.2. The number of aryl methyl sites for hydroxylation is 1. The van der Waals surface area contributed by atoms with Gasteiger partial charge in [-0.1, -0.05) is 5.16 Å². The minimum Gasteiger partial charge on any atom is -0.372 e. The Morgan fingerprint density at radius 2 is 2.21 bits per heavy atom. The third kappa shape index (κ3) is 3.31. The summed E-state index contributed by atoms with van der Waals surface area (Å²) in [6.07, 6.45) is 0. The minimum atomic E-state index is -0.717. The van der Waals surface area contributed by atoms with Crippen LogP contribution in [0.4, 0.5) is 5.82 Å². The lowest BCUT2D eigenvalue weighted by Gasteiger charge is -2.37. The van der Waals surface area contributed by atoms with Crippen molar-refractivity contribution in [3.05, 3.63) is 11.8 Å². The van der Waals surface area contributed by atoms with Gasteiger partial charge in [-0.25, -0.2) is 0 Å². The predicted molar refractivity (Wildman–Crippen MR) is 66.5 cm³/mol. The van der Waals surface area contributed by atoms with Crippen LogP contribution in [0.15, 0.2) is 10.6 Å². The number of rotatable bonds is 1. The average molecular weight is 267 g/mol. The van der Waals surface area contributed by atoms with Crippen LogP contribution in [-0.4, -0.2) is 47.2 Å². The smallest absolute Gasteiger partial charge is 0.315 e. The highest BCUT2D eigenvalue weighted by Crippen LogP contribution is 2.16. The molecule has 0 bridgehead atoms. The number of morpholine rings is 1. The minimum absolute atomic E-state index is 0.239. The van der Waals surface area contributed by atoms with E-state index in [2.05, 4.69) is 10.5 Å². The number of anilines is 1. The molecule has 0 unspecified atom stereocenters. The van der Waals surface area contributed by atoms with Crippen LogP contribution < -0.4 is 5.32 Å². The number of aromatic nitrogens is 1. The molecule has 1 fully saturated rings. The highest BCUT2D eigenvalue weighted by molar-refractivity contribution is 6.39. The molecule has 1 saturated heterocycles. The molecule has 1 aliphatic heterocycles. The van der Waals surface area contributed by atoms with Gasteiger partial charge in [-0.05, 0) is 20.8 Å². The van der Waals surface area contributed by atoms with Gasteiger partial charge < -0.3 is 14.2 Å². The van der Waals surface area contributed by atoms with E-state index in [4.69, 9.17) is 9.26 Å². The molecule has 7 nitrogen and oxygen atoms in total. The van der Waals surface area contributed by atoms with Gasteiger partial charge in [0.25, 0.3) is 0 Å². The summed E-state index contributed by atoms with van der Waals surface area (Å²) in [7, 11) is 0. The van der Waals surface area contributed by atoms with Gasteiger partial charge >= 0.3 is 11.8 Å². The zero-order valence-corrected chi connectivity index (χ0v) is 11.2. The number of nitrogens with zero attached hydrogens (tertiary/aromatic N) is 2. The molecule has 7 heteroatoms. The van der Waals surface area contributed by atoms with Crippen molar-refractivity contribution in [1.29, 1.82) is 0 Å². The van der Waals surface area contributed by atoms with Crippen molar-refractivity contribution >= 4 is 17.6 Å². The Morgan fingerprint density at radius 1 is 1.47 bits per heavy atom. The van der Waals surface area contributed by atoms with E-state index in [1.807, 2.05) is 13.8 Å². The molecule has 0 saturated carbocycles. The van der Waals surface area contributed by atoms with Crippen molar-refractivity contribution in [3.63, 3.8) is 0 Å². The van der Waals surface area contributed by atoms with E-state index in [9.17, 15) is 9.59 Å². The van der Waals surface area contributed by atoms with E-state index < -0.39 is 17.4 Å². The molecular weight excluding hydrogens is 250 g/mol. The fourth-order valence-electron chi connectivity index (χ4n) is 1.93. The van der Waals surface area contributed by atoms with Crippen molar-refractivity contribution in [1.82, 2.24) is 10.1 Å². The van der Waals surface area contributed by atoms with Crippen LogP contribution in [0, 0.1) is 6.92 Å². The summed E-state index contributed by atoms with van der Waals surface area (Å²) in [5.41, 5.74) is -0.432. The van der Waals surface area contributed by atoms with E-state index >= 15 is 0 Å². The van der Waals surface area contributed by atoms with Gasteiger partial charge in [0, 0.05) is 19.2 Å². The van der Waals surface area contributed by atoms with Crippen LogP contribution >= 0.6 is 0 Å². The van der Waals surface area contributed by atoms with Crippen LogP contribution in [-0.2, 0) is 14.3 Å². The van der Waals surface area contributed by atoms with Gasteiger partial charge in [-0.3, -0.25) is 14.9 Å². The monoisotopic (exact) mass is 267 g/mol. The Morgan fingerprint density at radius 3 is 2.79 bits per heavy atom. The van der Waals surface area contributed by atoms with Gasteiger partial charge in [-0.15, -0.1) is 0 Å². The van der Waals surface area contributed by atoms with Crippen molar-refractivity contribution < 1.29 is 18.8 Å². The lowest BCUT2D eigenvalue weighted by Crippen LogP contribution is -2.53. The summed E-state index contributed by atoms with van der Waals surface area (Å²) in [5.74, 6) is -0.498. The fraction of sp³-hybridized carbons (Fsp3) is 0.583. The first kappa shape index (κ1) is 13.5. The zero-order chi connectivity index (χ0) is 14.0. The van der Waals surface area contributed by atoms with Crippen molar-refractivity contribution in [2.45, 2.75) is 26.4 Å². The van der Waals surface area contributed by atoms with Crippen LogP contribution in [0.25, 0.3) is 0 Å². The van der Waals surface area contributed by atoms with Gasteiger partial charge in [-0.2, -0.15) is 0 Å². The maximum Gasteiger partial charge on any atom is 0.315 e. The van der Waals surface area contributed by atoms with Crippen LogP contribution in [0.1, 0.15) is 19.6 Å². The molecule has 1 aliphatic rings. The number of hydrogen-bond donors (Lipinski definition) is 1. The first-order valence-corrected chi connectivity index (χ1v) is 6.05. The Kier molecular flexibility index (Phi) is 3.57. The molecular formula is C12H17N3O4. The van der Waals surface area contributed by atoms with E-state index in [1.54, 1.807) is 13.0 Å².